The van der Waals surface area contributed by atoms with Crippen LogP contribution in [0.4, 0.5) is 4.79 Å². The summed E-state index contributed by atoms with van der Waals surface area (Å²) in [7, 11) is 3.39. The molecule has 0 aliphatic heterocycles. The zero-order valence-corrected chi connectivity index (χ0v) is 13.6. The Labute approximate surface area is 132 Å². The monoisotopic (exact) mass is 306 g/mol. The van der Waals surface area contributed by atoms with Gasteiger partial charge < -0.3 is 20.1 Å². The molecular weight excluding hydrogens is 280 g/mol. The number of fused-ring (bicyclic) bond motifs is 1. The smallest absolute Gasteiger partial charge is 0.317 e. The average Bonchev–Trinajstić information content (AvgIpc) is 2.57. The summed E-state index contributed by atoms with van der Waals surface area (Å²) in [6, 6.07) is 5.89. The highest BCUT2D eigenvalue weighted by Crippen LogP contribution is 2.33. The van der Waals surface area contributed by atoms with Crippen molar-refractivity contribution in [3.05, 3.63) is 29.3 Å². The number of nitrogens with zero attached hydrogens (tertiary/aromatic N) is 1. The average molecular weight is 306 g/mol. The Bertz CT molecular complexity index is 519. The Kier molecular flexibility index (Phi) is 5.66. The summed E-state index contributed by atoms with van der Waals surface area (Å²) >= 11 is 0. The van der Waals surface area contributed by atoms with Crippen molar-refractivity contribution < 1.29 is 14.6 Å². The number of rotatable bonds is 5. The zero-order chi connectivity index (χ0) is 16.1. The van der Waals surface area contributed by atoms with E-state index >= 15 is 0 Å². The minimum atomic E-state index is -0.178. The van der Waals surface area contributed by atoms with Gasteiger partial charge in [-0.2, -0.15) is 0 Å². The fraction of sp³-hybridized carbons (Fsp3) is 0.588. The zero-order valence-electron chi connectivity index (χ0n) is 13.6. The van der Waals surface area contributed by atoms with E-state index in [-0.39, 0.29) is 18.7 Å². The molecule has 0 heterocycles. The summed E-state index contributed by atoms with van der Waals surface area (Å²) in [5.41, 5.74) is 2.63. The molecule has 2 N–H and O–H groups in total. The highest BCUT2D eigenvalue weighted by molar-refractivity contribution is 5.74. The number of aliphatic hydroxyl groups is 1. The topological polar surface area (TPSA) is 61.8 Å². The van der Waals surface area contributed by atoms with Crippen molar-refractivity contribution in [2.45, 2.75) is 38.1 Å². The van der Waals surface area contributed by atoms with Crippen molar-refractivity contribution in [3.8, 4) is 5.75 Å². The van der Waals surface area contributed by atoms with Crippen LogP contribution in [0.25, 0.3) is 0 Å². The first kappa shape index (κ1) is 16.6. The van der Waals surface area contributed by atoms with Crippen LogP contribution in [0.2, 0.25) is 0 Å². The third kappa shape index (κ3) is 3.71. The molecule has 0 bridgehead atoms. The lowest BCUT2D eigenvalue weighted by Gasteiger charge is -2.28. The normalized spacial score (nSPS) is 18.3. The first-order chi connectivity index (χ1) is 10.6. The lowest BCUT2D eigenvalue weighted by Crippen LogP contribution is -2.45. The van der Waals surface area contributed by atoms with Gasteiger partial charge in [-0.05, 0) is 49.4 Å². The van der Waals surface area contributed by atoms with Crippen LogP contribution in [-0.4, -0.2) is 49.4 Å². The van der Waals surface area contributed by atoms with Gasteiger partial charge in [-0.15, -0.1) is 0 Å². The summed E-state index contributed by atoms with van der Waals surface area (Å²) in [5.74, 6) is 1.23. The summed E-state index contributed by atoms with van der Waals surface area (Å²) in [5, 5.41) is 12.1. The maximum absolute atomic E-state index is 12.1. The van der Waals surface area contributed by atoms with Crippen LogP contribution in [0.5, 0.6) is 5.75 Å². The maximum Gasteiger partial charge on any atom is 0.317 e. The van der Waals surface area contributed by atoms with Gasteiger partial charge in [-0.25, -0.2) is 4.79 Å². The van der Waals surface area contributed by atoms with Crippen LogP contribution in [0.1, 0.15) is 36.8 Å². The predicted molar refractivity (Wildman–Crippen MR) is 86.4 cm³/mol. The number of aliphatic hydroxyl groups excluding tert-OH is 1. The summed E-state index contributed by atoms with van der Waals surface area (Å²) in [6.07, 6.45) is 3.28. The molecule has 22 heavy (non-hydrogen) atoms. The molecule has 1 aliphatic rings. The fourth-order valence-electron chi connectivity index (χ4n) is 2.89. The summed E-state index contributed by atoms with van der Waals surface area (Å²) in [4.78, 5) is 13.6. The van der Waals surface area contributed by atoms with Crippen LogP contribution in [0, 0.1) is 0 Å². The molecule has 122 valence electrons. The highest BCUT2D eigenvalue weighted by Gasteiger charge is 2.22. The standard InChI is InChI=1S/C17H26N2O3/c1-12(11-20)19(2)17(21)18-10-14-6-4-5-13-9-15(22-3)7-8-16(13)14/h7-9,12,14,20H,4-6,10-11H2,1-3H3,(H,18,21)/t12-,14-/m0/s1. The Hall–Kier alpha value is -1.75. The van der Waals surface area contributed by atoms with Gasteiger partial charge in [-0.3, -0.25) is 0 Å². The Morgan fingerprint density at radius 2 is 2.32 bits per heavy atom. The number of nitrogens with one attached hydrogen (secondary N) is 1. The van der Waals surface area contributed by atoms with Gasteiger partial charge in [0.15, 0.2) is 0 Å². The molecule has 2 amide bonds. The van der Waals surface area contributed by atoms with Crippen molar-refractivity contribution in [2.75, 3.05) is 27.3 Å². The molecule has 0 aromatic heterocycles. The number of benzene rings is 1. The van der Waals surface area contributed by atoms with Crippen LogP contribution >= 0.6 is 0 Å². The second-order valence-corrected chi connectivity index (χ2v) is 5.98. The molecule has 0 spiro atoms. The third-order valence-electron chi connectivity index (χ3n) is 4.53. The van der Waals surface area contributed by atoms with E-state index in [2.05, 4.69) is 17.4 Å². The van der Waals surface area contributed by atoms with E-state index in [4.69, 9.17) is 9.84 Å². The van der Waals surface area contributed by atoms with E-state index in [0.29, 0.717) is 12.5 Å². The molecule has 1 aromatic carbocycles. The van der Waals surface area contributed by atoms with Gasteiger partial charge in [0.05, 0.1) is 19.8 Å². The van der Waals surface area contributed by atoms with Crippen LogP contribution < -0.4 is 10.1 Å². The Morgan fingerprint density at radius 3 is 3.00 bits per heavy atom. The van der Waals surface area contributed by atoms with Crippen molar-refractivity contribution in [2.24, 2.45) is 0 Å². The fourth-order valence-corrected chi connectivity index (χ4v) is 2.89. The molecular formula is C17H26N2O3. The summed E-state index contributed by atoms with van der Waals surface area (Å²) < 4.78 is 5.28. The minimum Gasteiger partial charge on any atom is -0.497 e. The van der Waals surface area contributed by atoms with E-state index in [1.165, 1.54) is 16.0 Å². The van der Waals surface area contributed by atoms with E-state index in [9.17, 15) is 4.79 Å². The van der Waals surface area contributed by atoms with Gasteiger partial charge in [0.2, 0.25) is 0 Å². The summed E-state index contributed by atoms with van der Waals surface area (Å²) in [6.45, 7) is 2.42. The van der Waals surface area contributed by atoms with Crippen molar-refractivity contribution in [3.63, 3.8) is 0 Å². The number of carbonyl (C=O) groups is 1. The first-order valence-electron chi connectivity index (χ1n) is 7.85. The molecule has 0 saturated heterocycles. The second kappa shape index (κ2) is 7.49. The molecule has 5 heteroatoms. The molecule has 1 aromatic rings. The van der Waals surface area contributed by atoms with E-state index in [1.807, 2.05) is 13.0 Å². The molecule has 0 saturated carbocycles. The number of ether oxygens (including phenoxy) is 1. The third-order valence-corrected chi connectivity index (χ3v) is 4.53. The molecule has 1 aliphatic carbocycles. The Balaban J connectivity index is 1.99. The highest BCUT2D eigenvalue weighted by atomic mass is 16.5. The van der Waals surface area contributed by atoms with Crippen LogP contribution in [0.15, 0.2) is 18.2 Å². The molecule has 0 fully saturated rings. The number of carbonyl (C=O) groups excluding carboxylic acids is 1. The van der Waals surface area contributed by atoms with Gasteiger partial charge in [0.25, 0.3) is 0 Å². The largest absolute Gasteiger partial charge is 0.497 e. The van der Waals surface area contributed by atoms with Gasteiger partial charge in [0.1, 0.15) is 5.75 Å². The number of hydrogen-bond acceptors (Lipinski definition) is 3. The molecule has 0 radical (unpaired) electrons. The second-order valence-electron chi connectivity index (χ2n) is 5.98. The van der Waals surface area contributed by atoms with Gasteiger partial charge in [-0.1, -0.05) is 6.07 Å². The van der Waals surface area contributed by atoms with Crippen LogP contribution in [-0.2, 0) is 6.42 Å². The number of amides is 2. The minimum absolute atomic E-state index is 0.0318. The van der Waals surface area contributed by atoms with E-state index in [0.717, 1.165) is 25.0 Å². The number of hydrogen-bond donors (Lipinski definition) is 2. The number of likely N-dealkylation sites (N-methyl/N-ethyl adjacent to an activating group) is 1. The molecule has 2 rings (SSSR count). The SMILES string of the molecule is COc1ccc2c(c1)CCC[C@H]2CNC(=O)N(C)[C@@H](C)CO. The predicted octanol–water partition coefficient (Wildman–Crippen LogP) is 2.14. The number of urea groups is 1. The molecule has 5 nitrogen and oxygen atoms in total. The van der Waals surface area contributed by atoms with Crippen molar-refractivity contribution in [1.82, 2.24) is 10.2 Å². The lowest BCUT2D eigenvalue weighted by atomic mass is 9.82. The number of aryl methyl sites for hydroxylation is 1. The molecule has 0 unspecified atom stereocenters. The van der Waals surface area contributed by atoms with Gasteiger partial charge >= 0.3 is 6.03 Å². The quantitative estimate of drug-likeness (QED) is 0.876. The van der Waals surface area contributed by atoms with E-state index in [1.54, 1.807) is 14.2 Å². The maximum atomic E-state index is 12.1. The first-order valence-corrected chi connectivity index (χ1v) is 7.85. The van der Waals surface area contributed by atoms with E-state index < -0.39 is 0 Å². The van der Waals surface area contributed by atoms with Crippen molar-refractivity contribution >= 4 is 6.03 Å². The van der Waals surface area contributed by atoms with Crippen LogP contribution in [0.3, 0.4) is 0 Å². The lowest BCUT2D eigenvalue weighted by molar-refractivity contribution is 0.157. The number of methoxy groups -OCH3 is 1. The molecule has 2 atom stereocenters. The Morgan fingerprint density at radius 1 is 1.55 bits per heavy atom. The van der Waals surface area contributed by atoms with Gasteiger partial charge in [0, 0.05) is 19.5 Å². The van der Waals surface area contributed by atoms with Crippen molar-refractivity contribution in [1.29, 1.82) is 0 Å².